The van der Waals surface area contributed by atoms with E-state index in [1.807, 2.05) is 5.32 Å². The number of alkyl halides is 2. The largest absolute Gasteiger partial charge is 0.390 e. The average Bonchev–Trinajstić information content (AvgIpc) is 2.27. The van der Waals surface area contributed by atoms with Crippen LogP contribution in [0.5, 0.6) is 0 Å². The van der Waals surface area contributed by atoms with Crippen molar-refractivity contribution in [1.29, 1.82) is 0 Å². The zero-order valence-electron chi connectivity index (χ0n) is 7.78. The van der Waals surface area contributed by atoms with Crippen molar-refractivity contribution in [3.8, 4) is 0 Å². The molecule has 0 aliphatic rings. The molecule has 0 saturated heterocycles. The highest BCUT2D eigenvalue weighted by atomic mass is 19.3. The van der Waals surface area contributed by atoms with Gasteiger partial charge >= 0.3 is 0 Å². The summed E-state index contributed by atoms with van der Waals surface area (Å²) in [4.78, 5) is 14.9. The van der Waals surface area contributed by atoms with Crippen LogP contribution in [0.3, 0.4) is 0 Å². The molecule has 0 aliphatic heterocycles. The van der Waals surface area contributed by atoms with E-state index in [0.717, 1.165) is 0 Å². The van der Waals surface area contributed by atoms with Crippen molar-refractivity contribution in [2.45, 2.75) is 5.92 Å². The quantitative estimate of drug-likeness (QED) is 0.767. The Kier molecular flexibility index (Phi) is 3.68. The summed E-state index contributed by atoms with van der Waals surface area (Å²) in [5.74, 6) is -3.99. The molecule has 0 aliphatic carbocycles. The minimum absolute atomic E-state index is 0.0613. The van der Waals surface area contributed by atoms with Crippen molar-refractivity contribution in [2.24, 2.45) is 0 Å². The van der Waals surface area contributed by atoms with Gasteiger partial charge in [-0.3, -0.25) is 9.78 Å². The fourth-order valence-corrected chi connectivity index (χ4v) is 0.853. The Balaban J connectivity index is 2.51. The van der Waals surface area contributed by atoms with Crippen LogP contribution in [0.25, 0.3) is 0 Å². The Bertz CT molecular complexity index is 330. The van der Waals surface area contributed by atoms with Crippen LogP contribution in [0.15, 0.2) is 24.4 Å². The summed E-state index contributed by atoms with van der Waals surface area (Å²) in [6, 6.07) is 4.59. The molecule has 1 heterocycles. The van der Waals surface area contributed by atoms with Gasteiger partial charge in [-0.15, -0.1) is 0 Å². The van der Waals surface area contributed by atoms with Crippen molar-refractivity contribution in [3.63, 3.8) is 0 Å². The van der Waals surface area contributed by atoms with Gasteiger partial charge < -0.3 is 10.4 Å². The van der Waals surface area contributed by atoms with Crippen LogP contribution < -0.4 is 5.32 Å². The summed E-state index contributed by atoms with van der Waals surface area (Å²) in [7, 11) is 0. The molecule has 6 heteroatoms. The molecule has 2 N–H and O–H groups in total. The average molecular weight is 216 g/mol. The fraction of sp³-hybridized carbons (Fsp3) is 0.333. The number of nitrogens with zero attached hydrogens (tertiary/aromatic N) is 1. The van der Waals surface area contributed by atoms with Crippen LogP contribution in [0.4, 0.5) is 8.78 Å². The minimum atomic E-state index is -3.30. The van der Waals surface area contributed by atoms with E-state index in [4.69, 9.17) is 5.11 Å². The number of aliphatic hydroxyl groups is 1. The van der Waals surface area contributed by atoms with Gasteiger partial charge in [0.1, 0.15) is 12.3 Å². The summed E-state index contributed by atoms with van der Waals surface area (Å²) >= 11 is 0. The molecule has 0 saturated carbocycles. The van der Waals surface area contributed by atoms with Crippen LogP contribution in [0, 0.1) is 0 Å². The minimum Gasteiger partial charge on any atom is -0.390 e. The summed E-state index contributed by atoms with van der Waals surface area (Å²) < 4.78 is 25.1. The predicted molar refractivity (Wildman–Crippen MR) is 48.6 cm³/mol. The Morgan fingerprint density at radius 3 is 2.80 bits per heavy atom. The second-order valence-corrected chi connectivity index (χ2v) is 2.91. The van der Waals surface area contributed by atoms with Crippen molar-refractivity contribution in [1.82, 2.24) is 10.3 Å². The molecule has 0 fully saturated rings. The highest BCUT2D eigenvalue weighted by Gasteiger charge is 2.28. The molecule has 1 rings (SSSR count). The van der Waals surface area contributed by atoms with Gasteiger partial charge in [-0.05, 0) is 12.1 Å². The Morgan fingerprint density at radius 1 is 1.53 bits per heavy atom. The van der Waals surface area contributed by atoms with E-state index >= 15 is 0 Å². The number of nitrogens with one attached hydrogen (secondary N) is 1. The number of aliphatic hydroxyl groups excluding tert-OH is 1. The van der Waals surface area contributed by atoms with E-state index in [1.165, 1.54) is 12.3 Å². The first-order valence-corrected chi connectivity index (χ1v) is 4.23. The first kappa shape index (κ1) is 11.5. The topological polar surface area (TPSA) is 62.2 Å². The second kappa shape index (κ2) is 4.79. The highest BCUT2D eigenvalue weighted by Crippen LogP contribution is 2.09. The summed E-state index contributed by atoms with van der Waals surface area (Å²) in [5.41, 5.74) is 0.0613. The first-order chi connectivity index (χ1) is 7.05. The molecular formula is C9H10F2N2O2. The number of carbonyl (C=O) groups excluding carboxylic acids is 1. The number of aromatic nitrogens is 1. The maximum atomic E-state index is 12.5. The molecule has 1 aromatic heterocycles. The Morgan fingerprint density at radius 2 is 2.27 bits per heavy atom. The molecule has 0 unspecified atom stereocenters. The standard InChI is InChI=1S/C9H10F2N2O2/c10-9(11,6-14)5-13-8(15)7-3-1-2-4-12-7/h1-4,14H,5-6H2,(H,13,15). The summed E-state index contributed by atoms with van der Waals surface area (Å²) in [6.07, 6.45) is 1.39. The molecule has 1 aromatic rings. The van der Waals surface area contributed by atoms with E-state index < -0.39 is 25.0 Å². The van der Waals surface area contributed by atoms with Gasteiger partial charge in [-0.2, -0.15) is 0 Å². The maximum absolute atomic E-state index is 12.5. The lowest BCUT2D eigenvalue weighted by molar-refractivity contribution is -0.0462. The smallest absolute Gasteiger partial charge is 0.287 e. The molecule has 0 bridgehead atoms. The monoisotopic (exact) mass is 216 g/mol. The molecule has 0 aromatic carbocycles. The van der Waals surface area contributed by atoms with Crippen LogP contribution >= 0.6 is 0 Å². The number of amides is 1. The van der Waals surface area contributed by atoms with Gasteiger partial charge in [-0.1, -0.05) is 6.07 Å². The molecule has 82 valence electrons. The van der Waals surface area contributed by atoms with Crippen LogP contribution in [-0.2, 0) is 0 Å². The molecular weight excluding hydrogens is 206 g/mol. The van der Waals surface area contributed by atoms with Gasteiger partial charge in [0.25, 0.3) is 11.8 Å². The molecule has 0 spiro atoms. The molecule has 4 nitrogen and oxygen atoms in total. The normalized spacial score (nSPS) is 11.1. The SMILES string of the molecule is O=C(NCC(F)(F)CO)c1ccccn1. The van der Waals surface area contributed by atoms with Gasteiger partial charge in [-0.25, -0.2) is 8.78 Å². The Labute approximate surface area is 84.9 Å². The number of halogens is 2. The van der Waals surface area contributed by atoms with Crippen molar-refractivity contribution in [2.75, 3.05) is 13.2 Å². The van der Waals surface area contributed by atoms with Crippen molar-refractivity contribution < 1.29 is 18.7 Å². The zero-order valence-corrected chi connectivity index (χ0v) is 7.78. The third kappa shape index (κ3) is 3.59. The molecule has 15 heavy (non-hydrogen) atoms. The van der Waals surface area contributed by atoms with Crippen molar-refractivity contribution >= 4 is 5.91 Å². The first-order valence-electron chi connectivity index (χ1n) is 4.23. The van der Waals surface area contributed by atoms with Crippen LogP contribution in [-0.4, -0.2) is 35.1 Å². The highest BCUT2D eigenvalue weighted by molar-refractivity contribution is 5.92. The Hall–Kier alpha value is -1.56. The van der Waals surface area contributed by atoms with E-state index in [2.05, 4.69) is 4.98 Å². The third-order valence-corrected chi connectivity index (χ3v) is 1.64. The zero-order chi connectivity index (χ0) is 11.3. The predicted octanol–water partition coefficient (Wildman–Crippen LogP) is 0.439. The number of rotatable bonds is 4. The van der Waals surface area contributed by atoms with E-state index in [1.54, 1.807) is 12.1 Å². The van der Waals surface area contributed by atoms with Crippen LogP contribution in [0.1, 0.15) is 10.5 Å². The van der Waals surface area contributed by atoms with E-state index in [0.29, 0.717) is 0 Å². The third-order valence-electron chi connectivity index (χ3n) is 1.64. The lowest BCUT2D eigenvalue weighted by atomic mass is 10.3. The lowest BCUT2D eigenvalue weighted by Crippen LogP contribution is -2.39. The van der Waals surface area contributed by atoms with E-state index in [-0.39, 0.29) is 5.69 Å². The summed E-state index contributed by atoms with van der Waals surface area (Å²) in [6.45, 7) is -2.20. The number of hydrogen-bond acceptors (Lipinski definition) is 3. The maximum Gasteiger partial charge on any atom is 0.287 e. The van der Waals surface area contributed by atoms with Gasteiger partial charge in [0.2, 0.25) is 0 Å². The number of carbonyl (C=O) groups is 1. The van der Waals surface area contributed by atoms with Gasteiger partial charge in [0.15, 0.2) is 0 Å². The lowest BCUT2D eigenvalue weighted by Gasteiger charge is -2.13. The molecule has 0 radical (unpaired) electrons. The van der Waals surface area contributed by atoms with Crippen LogP contribution in [0.2, 0.25) is 0 Å². The molecule has 0 atom stereocenters. The van der Waals surface area contributed by atoms with Gasteiger partial charge in [0, 0.05) is 6.20 Å². The number of hydrogen-bond donors (Lipinski definition) is 2. The van der Waals surface area contributed by atoms with Crippen molar-refractivity contribution in [3.05, 3.63) is 30.1 Å². The molecule has 1 amide bonds. The summed E-state index contributed by atoms with van der Waals surface area (Å²) in [5, 5.41) is 10.2. The van der Waals surface area contributed by atoms with E-state index in [9.17, 15) is 13.6 Å². The number of pyridine rings is 1. The fourth-order valence-electron chi connectivity index (χ4n) is 0.853. The van der Waals surface area contributed by atoms with Gasteiger partial charge in [0.05, 0.1) is 6.54 Å². The second-order valence-electron chi connectivity index (χ2n) is 2.91.